The Balaban J connectivity index is 1.31. The summed E-state index contributed by atoms with van der Waals surface area (Å²) in [5.74, 6) is 2.41. The number of aromatic nitrogens is 2. The molecule has 1 aromatic carbocycles. The van der Waals surface area contributed by atoms with Crippen molar-refractivity contribution in [2.75, 3.05) is 26.2 Å². The Morgan fingerprint density at radius 1 is 1.28 bits per heavy atom. The van der Waals surface area contributed by atoms with Crippen LogP contribution in [-0.4, -0.2) is 46.8 Å². The van der Waals surface area contributed by atoms with Gasteiger partial charge in [0.15, 0.2) is 0 Å². The van der Waals surface area contributed by atoms with Crippen LogP contribution >= 0.6 is 0 Å². The maximum Gasteiger partial charge on any atom is 0.241 e. The molecular formula is C23H32N4O2. The second-order valence-electron chi connectivity index (χ2n) is 8.87. The molecule has 1 N–H and O–H groups in total. The molecule has 0 unspecified atom stereocenters. The van der Waals surface area contributed by atoms with Crippen molar-refractivity contribution in [3.63, 3.8) is 0 Å². The minimum Gasteiger partial charge on any atom is -0.488 e. The minimum atomic E-state index is 0.0111. The van der Waals surface area contributed by atoms with E-state index in [9.17, 15) is 4.79 Å². The standard InChI is InChI=1S/C23H32N4O2/c1-16-5-6-21-20(10-16)23-19(15-29-21)11-25-27(23)14-22(28)24-7-4-8-26-12-17(2)9-18(3)13-26/h5-6,10-11,17-18H,4,7-9,12-15H2,1-3H3,(H,24,28)/t17-,18-/m0/s1. The average molecular weight is 397 g/mol. The maximum absolute atomic E-state index is 12.5. The van der Waals surface area contributed by atoms with Crippen LogP contribution in [0, 0.1) is 18.8 Å². The highest BCUT2D eigenvalue weighted by molar-refractivity contribution is 5.78. The molecule has 6 nitrogen and oxygen atoms in total. The third-order valence-electron chi connectivity index (χ3n) is 5.90. The summed E-state index contributed by atoms with van der Waals surface area (Å²) in [4.78, 5) is 15.0. The number of rotatable bonds is 6. The van der Waals surface area contributed by atoms with E-state index in [1.807, 2.05) is 18.3 Å². The quantitative estimate of drug-likeness (QED) is 0.762. The molecule has 2 aliphatic rings. The molecule has 156 valence electrons. The predicted octanol–water partition coefficient (Wildman–Crippen LogP) is 3.24. The van der Waals surface area contributed by atoms with E-state index >= 15 is 0 Å². The topological polar surface area (TPSA) is 59.4 Å². The zero-order valence-corrected chi connectivity index (χ0v) is 17.8. The molecule has 4 rings (SSSR count). The van der Waals surface area contributed by atoms with Crippen molar-refractivity contribution in [2.24, 2.45) is 11.8 Å². The third kappa shape index (κ3) is 4.64. The number of hydrogen-bond donors (Lipinski definition) is 1. The molecule has 0 radical (unpaired) electrons. The van der Waals surface area contributed by atoms with Crippen LogP contribution in [0.15, 0.2) is 24.4 Å². The molecule has 29 heavy (non-hydrogen) atoms. The second-order valence-corrected chi connectivity index (χ2v) is 8.87. The normalized spacial score (nSPS) is 21.2. The van der Waals surface area contributed by atoms with Crippen LogP contribution in [0.3, 0.4) is 0 Å². The van der Waals surface area contributed by atoms with E-state index in [0.717, 1.165) is 47.4 Å². The molecule has 1 saturated heterocycles. The van der Waals surface area contributed by atoms with E-state index in [4.69, 9.17) is 4.74 Å². The Morgan fingerprint density at radius 3 is 2.86 bits per heavy atom. The van der Waals surface area contributed by atoms with E-state index < -0.39 is 0 Å². The summed E-state index contributed by atoms with van der Waals surface area (Å²) >= 11 is 0. The van der Waals surface area contributed by atoms with Crippen LogP contribution in [0.4, 0.5) is 0 Å². The average Bonchev–Trinajstić information content (AvgIpc) is 3.07. The molecule has 2 aliphatic heterocycles. The number of aryl methyl sites for hydroxylation is 1. The molecule has 1 aromatic heterocycles. The van der Waals surface area contributed by atoms with Crippen molar-refractivity contribution < 1.29 is 9.53 Å². The van der Waals surface area contributed by atoms with Gasteiger partial charge in [-0.3, -0.25) is 9.48 Å². The Bertz CT molecular complexity index is 866. The first-order valence-electron chi connectivity index (χ1n) is 10.8. The number of carbonyl (C=O) groups excluding carboxylic acids is 1. The number of piperidine rings is 1. The molecule has 0 aliphatic carbocycles. The lowest BCUT2D eigenvalue weighted by Gasteiger charge is -2.34. The summed E-state index contributed by atoms with van der Waals surface area (Å²) in [7, 11) is 0. The van der Waals surface area contributed by atoms with E-state index in [1.165, 1.54) is 25.1 Å². The fraction of sp³-hybridized carbons (Fsp3) is 0.565. The lowest BCUT2D eigenvalue weighted by Crippen LogP contribution is -2.40. The van der Waals surface area contributed by atoms with Crippen molar-refractivity contribution in [3.05, 3.63) is 35.5 Å². The third-order valence-corrected chi connectivity index (χ3v) is 5.90. The minimum absolute atomic E-state index is 0.0111. The predicted molar refractivity (Wildman–Crippen MR) is 114 cm³/mol. The smallest absolute Gasteiger partial charge is 0.241 e. The van der Waals surface area contributed by atoms with Gasteiger partial charge in [0.05, 0.1) is 11.9 Å². The van der Waals surface area contributed by atoms with Crippen molar-refractivity contribution in [3.8, 4) is 17.0 Å². The zero-order chi connectivity index (χ0) is 20.4. The zero-order valence-electron chi connectivity index (χ0n) is 17.8. The van der Waals surface area contributed by atoms with Gasteiger partial charge in [0.1, 0.15) is 18.9 Å². The number of nitrogens with one attached hydrogen (secondary N) is 1. The van der Waals surface area contributed by atoms with Gasteiger partial charge in [0.25, 0.3) is 0 Å². The van der Waals surface area contributed by atoms with Gasteiger partial charge in [0, 0.05) is 30.8 Å². The van der Waals surface area contributed by atoms with E-state index in [2.05, 4.69) is 42.2 Å². The molecular weight excluding hydrogens is 364 g/mol. The summed E-state index contributed by atoms with van der Waals surface area (Å²) < 4.78 is 7.62. The Kier molecular flexibility index (Phi) is 5.90. The van der Waals surface area contributed by atoms with Gasteiger partial charge in [-0.2, -0.15) is 5.10 Å². The summed E-state index contributed by atoms with van der Waals surface area (Å²) in [5, 5.41) is 7.52. The van der Waals surface area contributed by atoms with Gasteiger partial charge in [-0.05, 0) is 50.3 Å². The number of ether oxygens (including phenoxy) is 1. The molecule has 1 fully saturated rings. The van der Waals surface area contributed by atoms with Gasteiger partial charge < -0.3 is 15.0 Å². The molecule has 3 heterocycles. The molecule has 0 bridgehead atoms. The Labute approximate surface area is 173 Å². The van der Waals surface area contributed by atoms with Crippen LogP contribution in [0.25, 0.3) is 11.3 Å². The van der Waals surface area contributed by atoms with Crippen LogP contribution in [0.5, 0.6) is 5.75 Å². The number of fused-ring (bicyclic) bond motifs is 3. The largest absolute Gasteiger partial charge is 0.488 e. The van der Waals surface area contributed by atoms with E-state index in [0.29, 0.717) is 13.2 Å². The van der Waals surface area contributed by atoms with Gasteiger partial charge in [-0.15, -0.1) is 0 Å². The highest BCUT2D eigenvalue weighted by Crippen LogP contribution is 2.37. The molecule has 1 amide bonds. The lowest BCUT2D eigenvalue weighted by molar-refractivity contribution is -0.121. The Morgan fingerprint density at radius 2 is 2.07 bits per heavy atom. The summed E-state index contributed by atoms with van der Waals surface area (Å²) in [6, 6.07) is 6.14. The number of likely N-dealkylation sites (tertiary alicyclic amines) is 1. The van der Waals surface area contributed by atoms with Crippen LogP contribution in [0.2, 0.25) is 0 Å². The maximum atomic E-state index is 12.5. The number of carbonyl (C=O) groups is 1. The van der Waals surface area contributed by atoms with Crippen LogP contribution in [0.1, 0.15) is 37.8 Å². The first kappa shape index (κ1) is 20.0. The van der Waals surface area contributed by atoms with Gasteiger partial charge >= 0.3 is 0 Å². The number of nitrogens with zero attached hydrogens (tertiary/aromatic N) is 3. The number of benzene rings is 1. The fourth-order valence-corrected chi connectivity index (χ4v) is 4.77. The molecule has 6 heteroatoms. The van der Waals surface area contributed by atoms with E-state index in [1.54, 1.807) is 4.68 Å². The number of hydrogen-bond acceptors (Lipinski definition) is 4. The van der Waals surface area contributed by atoms with Crippen molar-refractivity contribution in [1.82, 2.24) is 20.0 Å². The van der Waals surface area contributed by atoms with Crippen molar-refractivity contribution in [1.29, 1.82) is 0 Å². The first-order valence-corrected chi connectivity index (χ1v) is 10.8. The lowest BCUT2D eigenvalue weighted by atomic mass is 9.92. The SMILES string of the molecule is Cc1ccc2c(c1)-c1c(cnn1CC(=O)NCCCN1C[C@@H](C)C[C@H](C)C1)CO2. The summed E-state index contributed by atoms with van der Waals surface area (Å²) in [6.07, 6.45) is 4.12. The fourth-order valence-electron chi connectivity index (χ4n) is 4.77. The Hall–Kier alpha value is -2.34. The first-order chi connectivity index (χ1) is 14.0. The van der Waals surface area contributed by atoms with Gasteiger partial charge in [0.2, 0.25) is 5.91 Å². The second kappa shape index (κ2) is 8.57. The highest BCUT2D eigenvalue weighted by atomic mass is 16.5. The van der Waals surface area contributed by atoms with Crippen LogP contribution in [-0.2, 0) is 17.9 Å². The molecule has 2 aromatic rings. The summed E-state index contributed by atoms with van der Waals surface area (Å²) in [5.41, 5.74) is 4.22. The molecule has 2 atom stereocenters. The van der Waals surface area contributed by atoms with Gasteiger partial charge in [-0.1, -0.05) is 25.5 Å². The van der Waals surface area contributed by atoms with E-state index in [-0.39, 0.29) is 12.5 Å². The molecule has 0 saturated carbocycles. The summed E-state index contributed by atoms with van der Waals surface area (Å²) in [6.45, 7) is 11.6. The van der Waals surface area contributed by atoms with Gasteiger partial charge in [-0.25, -0.2) is 0 Å². The number of amides is 1. The van der Waals surface area contributed by atoms with Crippen molar-refractivity contribution >= 4 is 5.91 Å². The molecule has 0 spiro atoms. The highest BCUT2D eigenvalue weighted by Gasteiger charge is 2.24. The monoisotopic (exact) mass is 396 g/mol. The van der Waals surface area contributed by atoms with Crippen LogP contribution < -0.4 is 10.1 Å². The van der Waals surface area contributed by atoms with Crippen molar-refractivity contribution in [2.45, 2.75) is 46.8 Å².